The van der Waals surface area contributed by atoms with E-state index in [4.69, 9.17) is 10.7 Å². The topological polar surface area (TPSA) is 99.5 Å². The molecule has 6 rings (SSSR count). The van der Waals surface area contributed by atoms with Crippen molar-refractivity contribution in [2.75, 3.05) is 18.0 Å². The quantitative estimate of drug-likeness (QED) is 0.362. The average Bonchev–Trinajstić information content (AvgIpc) is 3.49. The molecule has 0 atom stereocenters. The van der Waals surface area contributed by atoms with Gasteiger partial charge in [0.05, 0.1) is 22.1 Å². The van der Waals surface area contributed by atoms with Crippen LogP contribution < -0.4 is 10.6 Å². The standard InChI is InChI=1S/C24H23N7.C2H6/c25-16-8-11-31(12-9-16)17-5-7-19-22(14-17)29-23(27-19)15-4-6-18-21(13-15)30-24(28-18)20-3-1-2-10-26-20;1-2/h1-7,10,13-14,16H,8-9,11-12,25H2,(H,27,29)(H,28,30);1-2H3. The van der Waals surface area contributed by atoms with E-state index in [2.05, 4.69) is 55.2 Å². The highest BCUT2D eigenvalue weighted by Gasteiger charge is 2.17. The smallest absolute Gasteiger partial charge is 0.157 e. The number of nitrogens with zero attached hydrogens (tertiary/aromatic N) is 4. The van der Waals surface area contributed by atoms with Crippen LogP contribution in [0.4, 0.5) is 5.69 Å². The third-order valence-corrected chi connectivity index (χ3v) is 6.03. The molecule has 1 aliphatic rings. The zero-order valence-electron chi connectivity index (χ0n) is 19.0. The van der Waals surface area contributed by atoms with Crippen LogP contribution in [0.5, 0.6) is 0 Å². The van der Waals surface area contributed by atoms with Crippen LogP contribution in [0.1, 0.15) is 26.7 Å². The van der Waals surface area contributed by atoms with Crippen molar-refractivity contribution in [3.63, 3.8) is 0 Å². The monoisotopic (exact) mass is 439 g/mol. The number of H-pyrrole nitrogens is 2. The zero-order chi connectivity index (χ0) is 22.8. The van der Waals surface area contributed by atoms with Crippen LogP contribution in [0.15, 0.2) is 60.8 Å². The Balaban J connectivity index is 0.00000111. The fourth-order valence-electron chi connectivity index (χ4n) is 4.27. The van der Waals surface area contributed by atoms with Crippen molar-refractivity contribution in [2.24, 2.45) is 5.73 Å². The van der Waals surface area contributed by atoms with Crippen molar-refractivity contribution in [3.05, 3.63) is 60.8 Å². The Labute approximate surface area is 193 Å². The molecule has 4 N–H and O–H groups in total. The van der Waals surface area contributed by atoms with Gasteiger partial charge in [-0.05, 0) is 61.4 Å². The summed E-state index contributed by atoms with van der Waals surface area (Å²) in [7, 11) is 0. The summed E-state index contributed by atoms with van der Waals surface area (Å²) in [5.74, 6) is 1.62. The Morgan fingerprint density at radius 3 is 2.30 bits per heavy atom. The van der Waals surface area contributed by atoms with E-state index < -0.39 is 0 Å². The molecule has 33 heavy (non-hydrogen) atoms. The fourth-order valence-corrected chi connectivity index (χ4v) is 4.27. The van der Waals surface area contributed by atoms with Crippen LogP contribution in [0.3, 0.4) is 0 Å². The van der Waals surface area contributed by atoms with Crippen molar-refractivity contribution in [3.8, 4) is 22.9 Å². The van der Waals surface area contributed by atoms with Crippen molar-refractivity contribution in [1.82, 2.24) is 24.9 Å². The summed E-state index contributed by atoms with van der Waals surface area (Å²) in [5, 5.41) is 0. The molecule has 5 aromatic rings. The lowest BCUT2D eigenvalue weighted by Crippen LogP contribution is -2.39. The average molecular weight is 440 g/mol. The normalized spacial score (nSPS) is 14.5. The molecule has 0 radical (unpaired) electrons. The molecule has 0 amide bonds. The number of pyridine rings is 1. The first-order chi connectivity index (χ1) is 16.2. The number of fused-ring (bicyclic) bond motifs is 2. The lowest BCUT2D eigenvalue weighted by atomic mass is 10.1. The van der Waals surface area contributed by atoms with Gasteiger partial charge in [0.25, 0.3) is 0 Å². The largest absolute Gasteiger partial charge is 0.371 e. The Morgan fingerprint density at radius 1 is 0.848 bits per heavy atom. The molecule has 7 heteroatoms. The van der Waals surface area contributed by atoms with Gasteiger partial charge in [0.15, 0.2) is 5.82 Å². The predicted octanol–water partition coefficient (Wildman–Crippen LogP) is 5.12. The summed E-state index contributed by atoms with van der Waals surface area (Å²) in [5.41, 5.74) is 13.0. The molecule has 0 bridgehead atoms. The second-order valence-corrected chi connectivity index (χ2v) is 8.14. The minimum absolute atomic E-state index is 0.328. The van der Waals surface area contributed by atoms with Crippen LogP contribution in [0, 0.1) is 0 Å². The van der Waals surface area contributed by atoms with Crippen molar-refractivity contribution in [2.45, 2.75) is 32.7 Å². The molecular formula is C26H29N7. The second kappa shape index (κ2) is 9.03. The highest BCUT2D eigenvalue weighted by molar-refractivity contribution is 5.86. The van der Waals surface area contributed by atoms with Gasteiger partial charge in [-0.15, -0.1) is 0 Å². The van der Waals surface area contributed by atoms with Gasteiger partial charge < -0.3 is 20.6 Å². The molecule has 1 fully saturated rings. The zero-order valence-corrected chi connectivity index (χ0v) is 19.0. The van der Waals surface area contributed by atoms with E-state index in [1.807, 2.05) is 38.1 Å². The van der Waals surface area contributed by atoms with E-state index in [0.29, 0.717) is 6.04 Å². The maximum absolute atomic E-state index is 6.05. The third kappa shape index (κ3) is 4.19. The maximum Gasteiger partial charge on any atom is 0.157 e. The Bertz CT molecular complexity index is 1360. The van der Waals surface area contributed by atoms with Gasteiger partial charge in [0.2, 0.25) is 0 Å². The summed E-state index contributed by atoms with van der Waals surface area (Å²) >= 11 is 0. The summed E-state index contributed by atoms with van der Waals surface area (Å²) in [6.45, 7) is 6.01. The molecular weight excluding hydrogens is 410 g/mol. The van der Waals surface area contributed by atoms with E-state index in [0.717, 1.165) is 70.9 Å². The van der Waals surface area contributed by atoms with Gasteiger partial charge >= 0.3 is 0 Å². The summed E-state index contributed by atoms with van der Waals surface area (Å²) in [4.78, 5) is 23.1. The summed E-state index contributed by atoms with van der Waals surface area (Å²) in [6.07, 6.45) is 3.85. The number of imidazole rings is 2. The first-order valence-electron chi connectivity index (χ1n) is 11.6. The molecule has 4 heterocycles. The molecule has 3 aromatic heterocycles. The first-order valence-corrected chi connectivity index (χ1v) is 11.6. The number of anilines is 1. The van der Waals surface area contributed by atoms with E-state index in [1.54, 1.807) is 6.20 Å². The number of nitrogens with two attached hydrogens (primary N) is 1. The van der Waals surface area contributed by atoms with Crippen LogP contribution in [-0.4, -0.2) is 44.1 Å². The summed E-state index contributed by atoms with van der Waals surface area (Å²) < 4.78 is 0. The second-order valence-electron chi connectivity index (χ2n) is 8.14. The molecule has 2 aromatic carbocycles. The lowest BCUT2D eigenvalue weighted by molar-refractivity contribution is 0.501. The van der Waals surface area contributed by atoms with Gasteiger partial charge in [-0.25, -0.2) is 9.97 Å². The minimum Gasteiger partial charge on any atom is -0.371 e. The maximum atomic E-state index is 6.05. The van der Waals surface area contributed by atoms with Gasteiger partial charge in [0.1, 0.15) is 11.5 Å². The van der Waals surface area contributed by atoms with E-state index in [-0.39, 0.29) is 0 Å². The van der Waals surface area contributed by atoms with Crippen LogP contribution >= 0.6 is 0 Å². The number of hydrogen-bond donors (Lipinski definition) is 3. The van der Waals surface area contributed by atoms with Gasteiger partial charge in [-0.3, -0.25) is 4.98 Å². The van der Waals surface area contributed by atoms with E-state index in [1.165, 1.54) is 5.69 Å². The molecule has 0 aliphatic carbocycles. The number of rotatable bonds is 3. The van der Waals surface area contributed by atoms with Gasteiger partial charge in [0, 0.05) is 36.6 Å². The predicted molar refractivity (Wildman–Crippen MR) is 135 cm³/mol. The van der Waals surface area contributed by atoms with Crippen molar-refractivity contribution < 1.29 is 0 Å². The molecule has 1 aliphatic heterocycles. The van der Waals surface area contributed by atoms with Gasteiger partial charge in [-0.2, -0.15) is 0 Å². The fraction of sp³-hybridized carbons (Fsp3) is 0.269. The lowest BCUT2D eigenvalue weighted by Gasteiger charge is -2.31. The Morgan fingerprint density at radius 2 is 1.55 bits per heavy atom. The molecule has 0 saturated carbocycles. The number of aromatic amines is 2. The molecule has 0 unspecified atom stereocenters. The Hall–Kier alpha value is -3.71. The van der Waals surface area contributed by atoms with Crippen molar-refractivity contribution in [1.29, 1.82) is 0 Å². The molecule has 1 saturated heterocycles. The number of piperidine rings is 1. The number of hydrogen-bond acceptors (Lipinski definition) is 5. The minimum atomic E-state index is 0.328. The highest BCUT2D eigenvalue weighted by Crippen LogP contribution is 2.28. The molecule has 7 nitrogen and oxygen atoms in total. The molecule has 0 spiro atoms. The summed E-state index contributed by atoms with van der Waals surface area (Å²) in [6, 6.07) is 18.7. The first kappa shape index (κ1) is 21.2. The van der Waals surface area contributed by atoms with Crippen LogP contribution in [-0.2, 0) is 0 Å². The van der Waals surface area contributed by atoms with Crippen LogP contribution in [0.2, 0.25) is 0 Å². The van der Waals surface area contributed by atoms with E-state index >= 15 is 0 Å². The number of nitrogens with one attached hydrogen (secondary N) is 2. The third-order valence-electron chi connectivity index (χ3n) is 6.03. The Kier molecular flexibility index (Phi) is 5.79. The van der Waals surface area contributed by atoms with Gasteiger partial charge in [-0.1, -0.05) is 19.9 Å². The molecule has 168 valence electrons. The highest BCUT2D eigenvalue weighted by atomic mass is 15.1. The van der Waals surface area contributed by atoms with Crippen molar-refractivity contribution >= 4 is 27.8 Å². The number of aromatic nitrogens is 5. The number of benzene rings is 2. The van der Waals surface area contributed by atoms with Crippen LogP contribution in [0.25, 0.3) is 45.0 Å². The SMILES string of the molecule is CC.NC1CCN(c2ccc3nc(-c4ccc5nc(-c6ccccn6)[nH]c5c4)[nH]c3c2)CC1. The van der Waals surface area contributed by atoms with E-state index in [9.17, 15) is 0 Å².